The highest BCUT2D eigenvalue weighted by Crippen LogP contribution is 2.22. The van der Waals surface area contributed by atoms with Gasteiger partial charge in [0.1, 0.15) is 32.1 Å². The van der Waals surface area contributed by atoms with Crippen LogP contribution in [-0.4, -0.2) is 52.8 Å². The van der Waals surface area contributed by atoms with E-state index < -0.39 is 4.92 Å². The molecular weight excluding hydrogens is 387 g/mol. The molecule has 0 unspecified atom stereocenters. The van der Waals surface area contributed by atoms with Gasteiger partial charge in [-0.3, -0.25) is 9.36 Å². The summed E-state index contributed by atoms with van der Waals surface area (Å²) in [6, 6.07) is 14.1. The minimum atomic E-state index is -0.571. The molecule has 0 saturated heterocycles. The number of benzene rings is 2. The third-order valence-electron chi connectivity index (χ3n) is 4.62. The Balaban J connectivity index is 1.42. The average molecular weight is 404 g/mol. The molecule has 4 rings (SSSR count). The van der Waals surface area contributed by atoms with Crippen molar-refractivity contribution >= 4 is 25.0 Å². The van der Waals surface area contributed by atoms with Gasteiger partial charge in [0, 0.05) is 23.6 Å². The van der Waals surface area contributed by atoms with Crippen LogP contribution in [0.4, 0.5) is 5.82 Å². The Morgan fingerprint density at radius 1 is 1.07 bits per heavy atom. The third kappa shape index (κ3) is 4.27. The molecule has 0 bridgehead atoms. The van der Waals surface area contributed by atoms with E-state index in [2.05, 4.69) is 4.98 Å². The number of fused-ring (bicyclic) bond motifs is 1. The summed E-state index contributed by atoms with van der Waals surface area (Å²) >= 11 is 0. The average Bonchev–Trinajstić information content (AvgIpc) is 3.12. The lowest BCUT2D eigenvalue weighted by atomic mass is 9.97. The van der Waals surface area contributed by atoms with Gasteiger partial charge in [0.05, 0.1) is 6.54 Å². The number of carbonyl (C=O) groups excluding carboxylic acids is 1. The fourth-order valence-electron chi connectivity index (χ4n) is 3.06. The van der Waals surface area contributed by atoms with Crippen molar-refractivity contribution in [1.82, 2.24) is 14.5 Å². The smallest absolute Gasteiger partial charge is 0.414 e. The first-order chi connectivity index (χ1) is 14.5. The second kappa shape index (κ2) is 8.28. The lowest BCUT2D eigenvalue weighted by molar-refractivity contribution is -0.389. The lowest BCUT2D eigenvalue weighted by Crippen LogP contribution is -2.38. The van der Waals surface area contributed by atoms with E-state index in [4.69, 9.17) is 17.3 Å². The van der Waals surface area contributed by atoms with Crippen molar-refractivity contribution in [2.75, 3.05) is 19.7 Å². The van der Waals surface area contributed by atoms with Crippen LogP contribution >= 0.6 is 0 Å². The summed E-state index contributed by atoms with van der Waals surface area (Å²) in [5, 5.41) is 10.9. The summed E-state index contributed by atoms with van der Waals surface area (Å²) in [5.74, 6) is 0.814. The van der Waals surface area contributed by atoms with E-state index in [9.17, 15) is 14.9 Å². The van der Waals surface area contributed by atoms with Crippen LogP contribution in [0.1, 0.15) is 10.4 Å². The normalized spacial score (nSPS) is 13.5. The molecule has 0 spiro atoms. The van der Waals surface area contributed by atoms with E-state index in [1.807, 2.05) is 0 Å². The molecule has 0 fully saturated rings. The van der Waals surface area contributed by atoms with Crippen molar-refractivity contribution in [3.63, 3.8) is 0 Å². The first-order valence-electron chi connectivity index (χ1n) is 9.27. The second-order valence-corrected chi connectivity index (χ2v) is 6.67. The van der Waals surface area contributed by atoms with Crippen LogP contribution in [-0.2, 0) is 6.54 Å². The molecule has 150 valence electrons. The highest BCUT2D eigenvalue weighted by Gasteiger charge is 2.25. The van der Waals surface area contributed by atoms with Gasteiger partial charge in [-0.25, -0.2) is 0 Å². The van der Waals surface area contributed by atoms with Crippen LogP contribution in [0.5, 0.6) is 17.5 Å². The Kier molecular flexibility index (Phi) is 5.38. The van der Waals surface area contributed by atoms with Gasteiger partial charge in [-0.15, -0.1) is 0 Å². The number of amides is 1. The molecule has 1 aromatic heterocycles. The van der Waals surface area contributed by atoms with Gasteiger partial charge < -0.3 is 24.5 Å². The molecule has 9 nitrogen and oxygen atoms in total. The molecule has 2 radical (unpaired) electrons. The quantitative estimate of drug-likeness (QED) is 0.374. The summed E-state index contributed by atoms with van der Waals surface area (Å²) in [5.41, 5.74) is 1.16. The number of ether oxygens (including phenoxy) is 2. The molecule has 0 atom stereocenters. The van der Waals surface area contributed by atoms with E-state index in [0.717, 1.165) is 0 Å². The molecule has 1 amide bonds. The van der Waals surface area contributed by atoms with E-state index in [1.54, 1.807) is 58.0 Å². The fraction of sp³-hybridized carbons (Fsp3) is 0.200. The second-order valence-electron chi connectivity index (χ2n) is 6.67. The number of imidazole rings is 1. The summed E-state index contributed by atoms with van der Waals surface area (Å²) in [6.45, 7) is 1.27. The van der Waals surface area contributed by atoms with Gasteiger partial charge in [0.25, 0.3) is 5.91 Å². The zero-order chi connectivity index (χ0) is 21.1. The zero-order valence-electron chi connectivity index (χ0n) is 15.9. The Labute approximate surface area is 173 Å². The maximum atomic E-state index is 12.9. The van der Waals surface area contributed by atoms with Gasteiger partial charge in [-0.2, -0.15) is 0 Å². The number of nitro groups is 1. The van der Waals surface area contributed by atoms with Crippen molar-refractivity contribution in [3.05, 3.63) is 70.4 Å². The molecule has 30 heavy (non-hydrogen) atoms. The number of hydrogen-bond donors (Lipinski definition) is 0. The Bertz CT molecular complexity index is 1070. The summed E-state index contributed by atoms with van der Waals surface area (Å²) in [7, 11) is 5.66. The first kappa shape index (κ1) is 19.5. The molecule has 1 aliphatic rings. The van der Waals surface area contributed by atoms with Crippen molar-refractivity contribution < 1.29 is 19.2 Å². The predicted octanol–water partition coefficient (Wildman–Crippen LogP) is 1.91. The molecule has 3 aromatic rings. The van der Waals surface area contributed by atoms with Crippen LogP contribution in [0.15, 0.2) is 54.7 Å². The minimum absolute atomic E-state index is 0.157. The Hall–Kier alpha value is -3.82. The summed E-state index contributed by atoms with van der Waals surface area (Å²) < 4.78 is 12.8. The fourth-order valence-corrected chi connectivity index (χ4v) is 3.06. The number of nitrogens with zero attached hydrogens (tertiary/aromatic N) is 4. The Morgan fingerprint density at radius 3 is 2.40 bits per heavy atom. The standard InChI is InChI=1S/C20H17BN4O5/c21-15-3-7-17(8-4-15)30-16-5-1-14(2-6-16)19(26)23-9-10-24-13-18(25(27)28)22-20(24)29-12-11-23/h1-8,13H,9-12H2. The predicted molar refractivity (Wildman–Crippen MR) is 109 cm³/mol. The van der Waals surface area contributed by atoms with Gasteiger partial charge in [0.15, 0.2) is 0 Å². The molecule has 0 N–H and O–H groups in total. The summed E-state index contributed by atoms with van der Waals surface area (Å²) in [6.07, 6.45) is 1.31. The summed E-state index contributed by atoms with van der Waals surface area (Å²) in [4.78, 5) is 28.7. The molecule has 0 saturated carbocycles. The van der Waals surface area contributed by atoms with E-state index in [0.29, 0.717) is 42.2 Å². The third-order valence-corrected chi connectivity index (χ3v) is 4.62. The van der Waals surface area contributed by atoms with E-state index in [1.165, 1.54) is 6.20 Å². The first-order valence-corrected chi connectivity index (χ1v) is 9.27. The highest BCUT2D eigenvalue weighted by molar-refractivity contribution is 6.32. The maximum absolute atomic E-state index is 12.9. The van der Waals surface area contributed by atoms with Gasteiger partial charge >= 0.3 is 11.8 Å². The van der Waals surface area contributed by atoms with E-state index >= 15 is 0 Å². The number of hydrogen-bond acceptors (Lipinski definition) is 6. The topological polar surface area (TPSA) is 99.7 Å². The van der Waals surface area contributed by atoms with Crippen LogP contribution in [0, 0.1) is 10.1 Å². The van der Waals surface area contributed by atoms with Crippen molar-refractivity contribution in [2.24, 2.45) is 0 Å². The number of aromatic nitrogens is 2. The SMILES string of the molecule is [B]c1ccc(Oc2ccc(C(=O)N3CCOc4nc([N+](=O)[O-])cn4CC3)cc2)cc1. The number of rotatable bonds is 4. The van der Waals surface area contributed by atoms with Crippen molar-refractivity contribution in [2.45, 2.75) is 6.54 Å². The van der Waals surface area contributed by atoms with Crippen LogP contribution < -0.4 is 14.9 Å². The minimum Gasteiger partial charge on any atom is -0.457 e. The van der Waals surface area contributed by atoms with Crippen molar-refractivity contribution in [1.29, 1.82) is 0 Å². The van der Waals surface area contributed by atoms with Gasteiger partial charge in [0.2, 0.25) is 0 Å². The van der Waals surface area contributed by atoms with Crippen LogP contribution in [0.3, 0.4) is 0 Å². The highest BCUT2D eigenvalue weighted by atomic mass is 16.6. The molecule has 2 heterocycles. The van der Waals surface area contributed by atoms with Crippen molar-refractivity contribution in [3.8, 4) is 17.5 Å². The van der Waals surface area contributed by atoms with Gasteiger partial charge in [-0.1, -0.05) is 17.6 Å². The monoisotopic (exact) mass is 404 g/mol. The maximum Gasteiger partial charge on any atom is 0.414 e. The molecule has 10 heteroatoms. The lowest BCUT2D eigenvalue weighted by Gasteiger charge is -2.24. The van der Waals surface area contributed by atoms with E-state index in [-0.39, 0.29) is 24.3 Å². The zero-order valence-corrected chi connectivity index (χ0v) is 15.9. The van der Waals surface area contributed by atoms with Crippen LogP contribution in [0.2, 0.25) is 0 Å². The number of carbonyl (C=O) groups is 1. The largest absolute Gasteiger partial charge is 0.457 e. The molecule has 1 aliphatic heterocycles. The van der Waals surface area contributed by atoms with Gasteiger partial charge in [-0.05, 0) is 41.3 Å². The molecule has 2 aromatic carbocycles. The Morgan fingerprint density at radius 2 is 1.73 bits per heavy atom. The van der Waals surface area contributed by atoms with Crippen LogP contribution in [0.25, 0.3) is 0 Å². The molecular formula is C20H17BN4O5. The molecule has 0 aliphatic carbocycles.